The molecule has 4 rings (SSSR count). The van der Waals surface area contributed by atoms with E-state index in [1.54, 1.807) is 0 Å². The van der Waals surface area contributed by atoms with Gasteiger partial charge < -0.3 is 120 Å². The highest BCUT2D eigenvalue weighted by Crippen LogP contribution is 2.34. The first-order valence-corrected chi connectivity index (χ1v) is 24.6. The second-order valence-electron chi connectivity index (χ2n) is 16.4. The van der Waals surface area contributed by atoms with Crippen LogP contribution in [0, 0.1) is 5.41 Å². The summed E-state index contributed by atoms with van der Waals surface area (Å²) in [6.07, 6.45) is -23.4. The van der Waals surface area contributed by atoms with Crippen LogP contribution in [0.1, 0.15) is 19.3 Å². The van der Waals surface area contributed by atoms with Crippen molar-refractivity contribution >= 4 is 35.3 Å². The first-order chi connectivity index (χ1) is 31.1. The Labute approximate surface area is 388 Å². The largest absolute Gasteiger partial charge is 0.396 e. The predicted molar refractivity (Wildman–Crippen MR) is 227 cm³/mol. The molecule has 27 heteroatoms. The van der Waals surface area contributed by atoms with Gasteiger partial charge in [0.1, 0.15) is 114 Å². The third-order valence-corrected chi connectivity index (χ3v) is 15.1. The fourth-order valence-corrected chi connectivity index (χ4v) is 10.6. The predicted octanol–water partition coefficient (Wildman–Crippen LogP) is -7.39. The minimum Gasteiger partial charge on any atom is -0.396 e. The third kappa shape index (κ3) is 15.8. The third-order valence-electron chi connectivity index (χ3n) is 11.4. The summed E-state index contributed by atoms with van der Waals surface area (Å²) < 4.78 is 45.7. The Morgan fingerprint density at radius 3 is 1.09 bits per heavy atom. The molecule has 0 aliphatic carbocycles. The van der Waals surface area contributed by atoms with Crippen LogP contribution in [0.5, 0.6) is 0 Å². The van der Waals surface area contributed by atoms with E-state index in [4.69, 9.17) is 37.9 Å². The van der Waals surface area contributed by atoms with E-state index in [1.165, 1.54) is 23.5 Å². The molecule has 0 spiro atoms. The van der Waals surface area contributed by atoms with Crippen LogP contribution < -0.4 is 0 Å². The van der Waals surface area contributed by atoms with Crippen molar-refractivity contribution in [2.24, 2.45) is 5.41 Å². The van der Waals surface area contributed by atoms with Gasteiger partial charge in [-0.3, -0.25) is 0 Å². The molecule has 0 saturated carbocycles. The van der Waals surface area contributed by atoms with E-state index < -0.39 is 159 Å². The number of thioether (sulfide) groups is 3. The van der Waals surface area contributed by atoms with Crippen molar-refractivity contribution in [1.82, 2.24) is 0 Å². The summed E-state index contributed by atoms with van der Waals surface area (Å²) in [5, 5.41) is 162. The Morgan fingerprint density at radius 2 is 0.723 bits per heavy atom. The van der Waals surface area contributed by atoms with Gasteiger partial charge in [-0.15, -0.1) is 35.3 Å². The van der Waals surface area contributed by atoms with E-state index in [-0.39, 0.29) is 39.6 Å². The average molecular weight is 1010 g/mol. The van der Waals surface area contributed by atoms with Crippen LogP contribution >= 0.6 is 35.3 Å². The van der Waals surface area contributed by atoms with Crippen molar-refractivity contribution in [2.45, 2.75) is 140 Å². The maximum absolute atomic E-state index is 10.9. The van der Waals surface area contributed by atoms with Crippen molar-refractivity contribution < 1.29 is 120 Å². The van der Waals surface area contributed by atoms with Crippen LogP contribution in [0.15, 0.2) is 0 Å². The summed E-state index contributed by atoms with van der Waals surface area (Å²) in [5.74, 6) is 1.15. The Hall–Kier alpha value is 0.0900. The van der Waals surface area contributed by atoms with Gasteiger partial charge in [-0.1, -0.05) is 0 Å². The van der Waals surface area contributed by atoms with Crippen LogP contribution in [0.2, 0.25) is 0 Å². The number of hydrogen-bond donors (Lipinski definition) is 16. The first-order valence-electron chi connectivity index (χ1n) is 21.5. The molecule has 0 radical (unpaired) electrons. The van der Waals surface area contributed by atoms with E-state index in [1.807, 2.05) is 0 Å². The summed E-state index contributed by atoms with van der Waals surface area (Å²) in [7, 11) is 0. The molecule has 16 N–H and O–H groups in total. The molecule has 4 aliphatic rings. The van der Waals surface area contributed by atoms with Gasteiger partial charge in [0, 0.05) is 19.8 Å². The summed E-state index contributed by atoms with van der Waals surface area (Å²) in [6.45, 7) is -2.33. The van der Waals surface area contributed by atoms with Crippen molar-refractivity contribution in [2.75, 3.05) is 89.9 Å². The van der Waals surface area contributed by atoms with Crippen LogP contribution in [-0.2, 0) is 37.9 Å². The Balaban J connectivity index is 1.24. The van der Waals surface area contributed by atoms with Crippen molar-refractivity contribution in [3.8, 4) is 0 Å². The maximum Gasteiger partial charge on any atom is 0.187 e. The SMILES string of the molecule is OC[C@H]1O[C@@H](O[C@H]2[C@H](O)[C@@H](O)[C@H](SCCCOCC(CO)(COCCCS[C@H]3O[C@H](CO)[C@@H](O)[C@H](O)[C@@H]3O)COCCCS[C@H]3O[C@H](CO)[C@@H](O)[C@H](O)[C@@H]3O)O[C@@H]2CO)[C@H](O)[C@@H](O)[C@H]1O. The average Bonchev–Trinajstić information content (AvgIpc) is 3.31. The topological polar surface area (TPSA) is 398 Å². The van der Waals surface area contributed by atoms with Gasteiger partial charge in [0.2, 0.25) is 0 Å². The zero-order valence-corrected chi connectivity index (χ0v) is 38.2. The molecule has 0 bridgehead atoms. The lowest BCUT2D eigenvalue weighted by atomic mass is 9.92. The van der Waals surface area contributed by atoms with E-state index in [0.717, 1.165) is 11.8 Å². The monoisotopic (exact) mass is 1010 g/mol. The molecular weight excluding hydrogens is 937 g/mol. The molecule has 384 valence electrons. The molecule has 4 saturated heterocycles. The lowest BCUT2D eigenvalue weighted by Crippen LogP contribution is -2.64. The minimum absolute atomic E-state index is 0.00249. The first kappa shape index (κ1) is 57.7. The number of aliphatic hydroxyl groups is 16. The second kappa shape index (κ2) is 28.8. The van der Waals surface area contributed by atoms with Crippen molar-refractivity contribution in [3.05, 3.63) is 0 Å². The summed E-state index contributed by atoms with van der Waals surface area (Å²) in [5.41, 5.74) is -3.87. The molecule has 0 aromatic carbocycles. The molecule has 24 nitrogen and oxygen atoms in total. The molecule has 4 fully saturated rings. The number of aliphatic hydroxyl groups excluding tert-OH is 16. The fraction of sp³-hybridized carbons (Fsp3) is 1.00. The van der Waals surface area contributed by atoms with E-state index >= 15 is 0 Å². The highest BCUT2D eigenvalue weighted by atomic mass is 32.2. The fourth-order valence-electron chi connectivity index (χ4n) is 7.31. The lowest BCUT2D eigenvalue weighted by molar-refractivity contribution is -0.338. The van der Waals surface area contributed by atoms with Crippen LogP contribution in [-0.4, -0.2) is 292 Å². The molecule has 20 atom stereocenters. The maximum atomic E-state index is 10.9. The van der Waals surface area contributed by atoms with E-state index in [0.29, 0.717) is 36.5 Å². The Kier molecular flexibility index (Phi) is 25.6. The highest BCUT2D eigenvalue weighted by Gasteiger charge is 2.51. The van der Waals surface area contributed by atoms with Crippen LogP contribution in [0.25, 0.3) is 0 Å². The Bertz CT molecular complexity index is 1250. The highest BCUT2D eigenvalue weighted by molar-refractivity contribution is 8.00. The van der Waals surface area contributed by atoms with Gasteiger partial charge >= 0.3 is 0 Å². The van der Waals surface area contributed by atoms with Gasteiger partial charge in [-0.25, -0.2) is 0 Å². The number of hydrogen-bond acceptors (Lipinski definition) is 27. The molecule has 0 aromatic rings. The summed E-state index contributed by atoms with van der Waals surface area (Å²) in [6, 6.07) is 0. The molecule has 0 aromatic heterocycles. The number of ether oxygens (including phenoxy) is 8. The molecule has 4 heterocycles. The molecule has 4 aliphatic heterocycles. The van der Waals surface area contributed by atoms with Gasteiger partial charge in [0.15, 0.2) is 6.29 Å². The van der Waals surface area contributed by atoms with E-state index in [2.05, 4.69) is 0 Å². The van der Waals surface area contributed by atoms with Gasteiger partial charge in [0.25, 0.3) is 0 Å². The van der Waals surface area contributed by atoms with Crippen molar-refractivity contribution in [1.29, 1.82) is 0 Å². The van der Waals surface area contributed by atoms with Gasteiger partial charge in [-0.05, 0) is 36.5 Å². The number of rotatable bonds is 28. The molecule has 65 heavy (non-hydrogen) atoms. The smallest absolute Gasteiger partial charge is 0.187 e. The van der Waals surface area contributed by atoms with Gasteiger partial charge in [-0.2, -0.15) is 0 Å². The standard InChI is InChI=1S/C38H70O24S3/c39-10-18-22(44)25(47)29(51)34(58-18)62-33-21(13-42)61-37(32(54)28(33)50)65-9-3-6-57-17-38(14-43,15-55-4-1-7-63-35-30(52)26(48)23(45)19(11-40)59-35)16-56-5-2-8-64-36-31(53)27(49)24(46)20(12-41)60-36/h18-37,39-54H,1-17H2/t18-,19-,20-,21-,22+,23-,24-,25+,26+,27+,28-,29-,30+,31+,32-,33-,34+,35-,36-,37+/m1/s1. The molecular formula is C38H70O24S3. The summed E-state index contributed by atoms with van der Waals surface area (Å²) in [4.78, 5) is 0. The lowest BCUT2D eigenvalue weighted by Gasteiger charge is -2.46. The van der Waals surface area contributed by atoms with Gasteiger partial charge in [0.05, 0.1) is 58.3 Å². The van der Waals surface area contributed by atoms with Crippen molar-refractivity contribution in [3.63, 3.8) is 0 Å². The quantitative estimate of drug-likeness (QED) is 0.0324. The zero-order valence-electron chi connectivity index (χ0n) is 35.7. The van der Waals surface area contributed by atoms with Crippen LogP contribution in [0.3, 0.4) is 0 Å². The molecule has 0 amide bonds. The normalized spacial score (nSPS) is 40.6. The molecule has 0 unspecified atom stereocenters. The minimum atomic E-state index is -1.79. The summed E-state index contributed by atoms with van der Waals surface area (Å²) >= 11 is 3.46. The van der Waals surface area contributed by atoms with E-state index in [9.17, 15) is 81.7 Å². The zero-order chi connectivity index (χ0) is 47.8. The van der Waals surface area contributed by atoms with Crippen LogP contribution in [0.4, 0.5) is 0 Å². The Morgan fingerprint density at radius 1 is 0.385 bits per heavy atom. The second-order valence-corrected chi connectivity index (χ2v) is 20.0.